The van der Waals surface area contributed by atoms with Crippen molar-refractivity contribution in [3.05, 3.63) is 23.8 Å². The van der Waals surface area contributed by atoms with E-state index in [1.807, 2.05) is 30.0 Å². The van der Waals surface area contributed by atoms with Gasteiger partial charge in [-0.05, 0) is 43.7 Å². The Balaban J connectivity index is 2.41. The van der Waals surface area contributed by atoms with Crippen molar-refractivity contribution in [2.24, 2.45) is 5.84 Å². The molecule has 0 saturated carbocycles. The summed E-state index contributed by atoms with van der Waals surface area (Å²) in [5.41, 5.74) is 4.03. The monoisotopic (exact) mass is 282 g/mol. The van der Waals surface area contributed by atoms with Crippen LogP contribution in [0.15, 0.2) is 18.2 Å². The van der Waals surface area contributed by atoms with Gasteiger partial charge in [-0.1, -0.05) is 0 Å². The predicted octanol–water partition coefficient (Wildman–Crippen LogP) is 2.49. The second-order valence-corrected chi connectivity index (χ2v) is 6.60. The predicted molar refractivity (Wildman–Crippen MR) is 79.7 cm³/mol. The molecule has 1 aliphatic heterocycles. The van der Waals surface area contributed by atoms with Crippen LogP contribution in [-0.2, 0) is 0 Å². The van der Waals surface area contributed by atoms with E-state index >= 15 is 0 Å². The number of thioether (sulfide) groups is 1. The van der Waals surface area contributed by atoms with E-state index in [-0.39, 0.29) is 10.8 Å². The first-order chi connectivity index (χ1) is 9.14. The Bertz CT molecular complexity index is 433. The number of rotatable bonds is 5. The molecule has 4 nitrogen and oxygen atoms in total. The van der Waals surface area contributed by atoms with Gasteiger partial charge < -0.3 is 9.47 Å². The molecule has 0 bridgehead atoms. The molecule has 106 valence electrons. The van der Waals surface area contributed by atoms with Crippen molar-refractivity contribution in [3.8, 4) is 11.5 Å². The molecule has 2 rings (SSSR count). The first kappa shape index (κ1) is 14.5. The fourth-order valence-electron chi connectivity index (χ4n) is 2.69. The number of benzene rings is 1. The van der Waals surface area contributed by atoms with Crippen LogP contribution in [0.2, 0.25) is 0 Å². The highest BCUT2D eigenvalue weighted by Gasteiger charge is 2.39. The van der Waals surface area contributed by atoms with Crippen LogP contribution in [-0.4, -0.2) is 24.7 Å². The lowest BCUT2D eigenvalue weighted by atomic mass is 9.90. The summed E-state index contributed by atoms with van der Waals surface area (Å²) in [6.45, 7) is 2.26. The van der Waals surface area contributed by atoms with Gasteiger partial charge in [-0.25, -0.2) is 0 Å². The second-order valence-electron chi connectivity index (χ2n) is 4.97. The van der Waals surface area contributed by atoms with Crippen LogP contribution in [0.1, 0.15) is 31.4 Å². The van der Waals surface area contributed by atoms with Gasteiger partial charge in [0.15, 0.2) is 0 Å². The van der Waals surface area contributed by atoms with Crippen molar-refractivity contribution in [3.63, 3.8) is 0 Å². The molecular weight excluding hydrogens is 260 g/mol. The Morgan fingerprint density at radius 2 is 2.16 bits per heavy atom. The number of nitrogens with one attached hydrogen (secondary N) is 1. The normalized spacial score (nSPS) is 24.2. The standard InChI is InChI=1S/C14H22N2O2S/c1-14(7-4-8-19-14)13(16-15)11-9-10(17-2)5-6-12(11)18-3/h5-6,9,13,16H,4,7-8,15H2,1-3H3. The van der Waals surface area contributed by atoms with Gasteiger partial charge in [0.1, 0.15) is 11.5 Å². The Morgan fingerprint density at radius 3 is 2.68 bits per heavy atom. The molecule has 2 unspecified atom stereocenters. The third kappa shape index (κ3) is 2.83. The van der Waals surface area contributed by atoms with E-state index in [9.17, 15) is 0 Å². The van der Waals surface area contributed by atoms with Gasteiger partial charge in [0.25, 0.3) is 0 Å². The van der Waals surface area contributed by atoms with E-state index < -0.39 is 0 Å². The quantitative estimate of drug-likeness (QED) is 0.642. The highest BCUT2D eigenvalue weighted by atomic mass is 32.2. The second kappa shape index (κ2) is 6.03. The highest BCUT2D eigenvalue weighted by Crippen LogP contribution is 2.48. The molecule has 0 spiro atoms. The molecule has 1 aromatic carbocycles. The van der Waals surface area contributed by atoms with Gasteiger partial charge in [0.05, 0.1) is 20.3 Å². The number of ether oxygens (including phenoxy) is 2. The van der Waals surface area contributed by atoms with Crippen LogP contribution < -0.4 is 20.7 Å². The molecule has 0 radical (unpaired) electrons. The molecule has 0 amide bonds. The number of methoxy groups -OCH3 is 2. The molecule has 1 saturated heterocycles. The van der Waals surface area contributed by atoms with E-state index in [0.717, 1.165) is 23.5 Å². The van der Waals surface area contributed by atoms with E-state index in [2.05, 4.69) is 12.3 Å². The highest BCUT2D eigenvalue weighted by molar-refractivity contribution is 8.00. The van der Waals surface area contributed by atoms with Gasteiger partial charge >= 0.3 is 0 Å². The van der Waals surface area contributed by atoms with Gasteiger partial charge in [-0.2, -0.15) is 11.8 Å². The summed E-state index contributed by atoms with van der Waals surface area (Å²) in [7, 11) is 3.35. The smallest absolute Gasteiger partial charge is 0.124 e. The van der Waals surface area contributed by atoms with Crippen molar-refractivity contribution >= 4 is 11.8 Å². The molecule has 0 aliphatic carbocycles. The Hall–Kier alpha value is -0.910. The molecule has 2 atom stereocenters. The molecule has 5 heteroatoms. The van der Waals surface area contributed by atoms with E-state index in [1.54, 1.807) is 14.2 Å². The Labute approximate surface area is 119 Å². The Kier molecular flexibility index (Phi) is 4.60. The molecule has 3 N–H and O–H groups in total. The zero-order valence-corrected chi connectivity index (χ0v) is 12.5. The van der Waals surface area contributed by atoms with Crippen LogP contribution in [0.25, 0.3) is 0 Å². The molecule has 19 heavy (non-hydrogen) atoms. The Morgan fingerprint density at radius 1 is 1.37 bits per heavy atom. The van der Waals surface area contributed by atoms with E-state index in [4.69, 9.17) is 15.3 Å². The fourth-order valence-corrected chi connectivity index (χ4v) is 4.09. The summed E-state index contributed by atoms with van der Waals surface area (Å²) in [5.74, 6) is 8.67. The van der Waals surface area contributed by atoms with Crippen LogP contribution >= 0.6 is 11.8 Å². The van der Waals surface area contributed by atoms with Crippen molar-refractivity contribution in [1.82, 2.24) is 5.43 Å². The molecule has 1 aromatic rings. The van der Waals surface area contributed by atoms with Crippen LogP contribution in [0.5, 0.6) is 11.5 Å². The third-order valence-corrected chi connectivity index (χ3v) is 5.37. The van der Waals surface area contributed by atoms with Gasteiger partial charge in [0.2, 0.25) is 0 Å². The van der Waals surface area contributed by atoms with Crippen molar-refractivity contribution in [2.45, 2.75) is 30.6 Å². The van der Waals surface area contributed by atoms with Crippen LogP contribution in [0.4, 0.5) is 0 Å². The average Bonchev–Trinajstić information content (AvgIpc) is 2.87. The third-order valence-electron chi connectivity index (χ3n) is 3.77. The largest absolute Gasteiger partial charge is 0.497 e. The number of hydrogen-bond acceptors (Lipinski definition) is 5. The molecule has 1 heterocycles. The van der Waals surface area contributed by atoms with Crippen molar-refractivity contribution < 1.29 is 9.47 Å². The maximum Gasteiger partial charge on any atom is 0.124 e. The lowest BCUT2D eigenvalue weighted by Crippen LogP contribution is -2.41. The number of hydrazine groups is 1. The first-order valence-corrected chi connectivity index (χ1v) is 7.45. The minimum Gasteiger partial charge on any atom is -0.497 e. The van der Waals surface area contributed by atoms with Crippen LogP contribution in [0.3, 0.4) is 0 Å². The molecule has 1 aliphatic rings. The van der Waals surface area contributed by atoms with E-state index in [1.165, 1.54) is 12.2 Å². The summed E-state index contributed by atoms with van der Waals surface area (Å²) in [4.78, 5) is 0. The minimum absolute atomic E-state index is 0.0463. The summed E-state index contributed by atoms with van der Waals surface area (Å²) < 4.78 is 10.9. The van der Waals surface area contributed by atoms with E-state index in [0.29, 0.717) is 0 Å². The van der Waals surface area contributed by atoms with Crippen molar-refractivity contribution in [2.75, 3.05) is 20.0 Å². The number of nitrogens with two attached hydrogens (primary N) is 1. The van der Waals surface area contributed by atoms with Crippen molar-refractivity contribution in [1.29, 1.82) is 0 Å². The molecular formula is C14H22N2O2S. The molecule has 0 aromatic heterocycles. The number of hydrogen-bond donors (Lipinski definition) is 2. The first-order valence-electron chi connectivity index (χ1n) is 6.46. The topological polar surface area (TPSA) is 56.5 Å². The summed E-state index contributed by atoms with van der Waals surface area (Å²) in [6.07, 6.45) is 2.37. The zero-order chi connectivity index (χ0) is 13.9. The summed E-state index contributed by atoms with van der Waals surface area (Å²) in [5, 5.41) is 0. The minimum atomic E-state index is 0.0463. The van der Waals surface area contributed by atoms with Gasteiger partial charge in [-0.15, -0.1) is 0 Å². The fraction of sp³-hybridized carbons (Fsp3) is 0.571. The van der Waals surface area contributed by atoms with Gasteiger partial charge in [0, 0.05) is 10.3 Å². The van der Waals surface area contributed by atoms with Crippen LogP contribution in [0, 0.1) is 0 Å². The lowest BCUT2D eigenvalue weighted by molar-refractivity contribution is 0.369. The lowest BCUT2D eigenvalue weighted by Gasteiger charge is -2.34. The zero-order valence-electron chi connectivity index (χ0n) is 11.7. The maximum atomic E-state index is 5.83. The summed E-state index contributed by atoms with van der Waals surface area (Å²) >= 11 is 1.97. The van der Waals surface area contributed by atoms with Gasteiger partial charge in [-0.3, -0.25) is 11.3 Å². The maximum absolute atomic E-state index is 5.83. The summed E-state index contributed by atoms with van der Waals surface area (Å²) in [6, 6.07) is 5.89. The SMILES string of the molecule is COc1ccc(OC)c(C(NN)C2(C)CCCS2)c1. The average molecular weight is 282 g/mol. The molecule has 1 fully saturated rings.